The minimum absolute atomic E-state index is 0.169. The number of carbonyl (C=O) groups is 1. The van der Waals surface area contributed by atoms with E-state index in [1.54, 1.807) is 0 Å². The Morgan fingerprint density at radius 1 is 1.17 bits per heavy atom. The standard InChI is InChI=1S/C17H18N4OS/c1-12(2)16-19-20-17(23-16)18-15(22)14-9-6-10-21(14)11-13-7-4-3-5-8-13/h3-10,12H,11H2,1-2H3,(H,18,20,22). The van der Waals surface area contributed by atoms with Crippen LogP contribution in [-0.2, 0) is 6.54 Å². The van der Waals surface area contributed by atoms with Crippen molar-refractivity contribution in [3.63, 3.8) is 0 Å². The quantitative estimate of drug-likeness (QED) is 0.776. The van der Waals surface area contributed by atoms with E-state index >= 15 is 0 Å². The summed E-state index contributed by atoms with van der Waals surface area (Å²) >= 11 is 1.41. The highest BCUT2D eigenvalue weighted by atomic mass is 32.1. The second kappa shape index (κ2) is 6.75. The number of benzene rings is 1. The molecule has 1 aromatic carbocycles. The molecule has 0 saturated heterocycles. The number of hydrogen-bond donors (Lipinski definition) is 1. The fourth-order valence-electron chi connectivity index (χ4n) is 2.22. The fourth-order valence-corrected chi connectivity index (χ4v) is 2.96. The Bertz CT molecular complexity index is 792. The molecule has 2 aromatic heterocycles. The zero-order valence-electron chi connectivity index (χ0n) is 13.1. The second-order valence-electron chi connectivity index (χ2n) is 5.56. The Morgan fingerprint density at radius 3 is 2.65 bits per heavy atom. The van der Waals surface area contributed by atoms with Gasteiger partial charge >= 0.3 is 0 Å². The van der Waals surface area contributed by atoms with Crippen LogP contribution in [0.2, 0.25) is 0 Å². The number of aromatic nitrogens is 3. The van der Waals surface area contributed by atoms with Crippen LogP contribution in [-0.4, -0.2) is 20.7 Å². The van der Waals surface area contributed by atoms with Crippen LogP contribution in [0.5, 0.6) is 0 Å². The van der Waals surface area contributed by atoms with Crippen LogP contribution in [0.25, 0.3) is 0 Å². The van der Waals surface area contributed by atoms with Gasteiger partial charge in [-0.15, -0.1) is 10.2 Å². The number of nitrogens with one attached hydrogen (secondary N) is 1. The highest BCUT2D eigenvalue weighted by Crippen LogP contribution is 2.23. The molecule has 3 rings (SSSR count). The molecule has 5 nitrogen and oxygen atoms in total. The lowest BCUT2D eigenvalue weighted by Gasteiger charge is -2.08. The van der Waals surface area contributed by atoms with E-state index in [9.17, 15) is 4.79 Å². The summed E-state index contributed by atoms with van der Waals surface area (Å²) in [5.74, 6) is 0.137. The third kappa shape index (κ3) is 3.65. The zero-order valence-corrected chi connectivity index (χ0v) is 13.9. The summed E-state index contributed by atoms with van der Waals surface area (Å²) in [6.07, 6.45) is 1.90. The van der Waals surface area contributed by atoms with Crippen molar-refractivity contribution >= 4 is 22.4 Å². The van der Waals surface area contributed by atoms with Gasteiger partial charge in [-0.05, 0) is 17.7 Å². The molecule has 0 spiro atoms. The Morgan fingerprint density at radius 2 is 1.96 bits per heavy atom. The van der Waals surface area contributed by atoms with Gasteiger partial charge in [-0.1, -0.05) is 55.5 Å². The molecule has 0 aliphatic carbocycles. The van der Waals surface area contributed by atoms with E-state index in [0.717, 1.165) is 10.6 Å². The highest BCUT2D eigenvalue weighted by Gasteiger charge is 2.14. The Hall–Kier alpha value is -2.47. The Labute approximate surface area is 139 Å². The Balaban J connectivity index is 1.74. The molecule has 118 valence electrons. The van der Waals surface area contributed by atoms with E-state index in [2.05, 4.69) is 29.4 Å². The van der Waals surface area contributed by atoms with Crippen LogP contribution in [0.15, 0.2) is 48.7 Å². The van der Waals surface area contributed by atoms with Crippen molar-refractivity contribution in [3.05, 3.63) is 64.9 Å². The van der Waals surface area contributed by atoms with E-state index in [4.69, 9.17) is 0 Å². The van der Waals surface area contributed by atoms with Gasteiger partial charge in [0.1, 0.15) is 10.7 Å². The maximum atomic E-state index is 12.5. The second-order valence-corrected chi connectivity index (χ2v) is 6.57. The van der Waals surface area contributed by atoms with E-state index in [-0.39, 0.29) is 5.91 Å². The summed E-state index contributed by atoms with van der Waals surface area (Å²) in [5.41, 5.74) is 1.76. The van der Waals surface area contributed by atoms with Crippen molar-refractivity contribution < 1.29 is 4.79 Å². The lowest BCUT2D eigenvalue weighted by atomic mass is 10.2. The van der Waals surface area contributed by atoms with E-state index in [0.29, 0.717) is 23.3 Å². The lowest BCUT2D eigenvalue weighted by molar-refractivity contribution is 0.101. The van der Waals surface area contributed by atoms with Crippen LogP contribution in [0.3, 0.4) is 0 Å². The molecule has 0 bridgehead atoms. The maximum Gasteiger partial charge on any atom is 0.274 e. The van der Waals surface area contributed by atoms with E-state index < -0.39 is 0 Å². The summed E-state index contributed by atoms with van der Waals surface area (Å²) in [7, 11) is 0. The molecule has 0 unspecified atom stereocenters. The van der Waals surface area contributed by atoms with Crippen molar-refractivity contribution in [1.29, 1.82) is 0 Å². The van der Waals surface area contributed by atoms with Crippen LogP contribution in [0, 0.1) is 0 Å². The smallest absolute Gasteiger partial charge is 0.274 e. The van der Waals surface area contributed by atoms with Crippen LogP contribution < -0.4 is 5.32 Å². The first-order valence-corrected chi connectivity index (χ1v) is 8.29. The van der Waals surface area contributed by atoms with Crippen molar-refractivity contribution in [2.75, 3.05) is 5.32 Å². The first-order valence-electron chi connectivity index (χ1n) is 7.47. The number of anilines is 1. The summed E-state index contributed by atoms with van der Waals surface area (Å²) < 4.78 is 1.93. The molecular formula is C17H18N4OS. The first kappa shape index (κ1) is 15.4. The molecule has 1 N–H and O–H groups in total. The number of amides is 1. The number of rotatable bonds is 5. The van der Waals surface area contributed by atoms with Gasteiger partial charge in [0.05, 0.1) is 0 Å². The predicted octanol–water partition coefficient (Wildman–Crippen LogP) is 3.76. The predicted molar refractivity (Wildman–Crippen MR) is 91.9 cm³/mol. The molecule has 0 aliphatic rings. The Kier molecular flexibility index (Phi) is 4.52. The fraction of sp³-hybridized carbons (Fsp3) is 0.235. The van der Waals surface area contributed by atoms with Gasteiger partial charge in [-0.25, -0.2) is 0 Å². The SMILES string of the molecule is CC(C)c1nnc(NC(=O)c2cccn2Cc2ccccc2)s1. The van der Waals surface area contributed by atoms with Gasteiger partial charge in [0.25, 0.3) is 5.91 Å². The number of hydrogen-bond acceptors (Lipinski definition) is 4. The van der Waals surface area contributed by atoms with Crippen molar-refractivity contribution in [2.45, 2.75) is 26.3 Å². The van der Waals surface area contributed by atoms with E-state index in [1.165, 1.54) is 11.3 Å². The minimum Gasteiger partial charge on any atom is -0.339 e. The third-order valence-corrected chi connectivity index (χ3v) is 4.55. The highest BCUT2D eigenvalue weighted by molar-refractivity contribution is 7.15. The van der Waals surface area contributed by atoms with Gasteiger partial charge in [-0.3, -0.25) is 10.1 Å². The average molecular weight is 326 g/mol. The largest absolute Gasteiger partial charge is 0.339 e. The van der Waals surface area contributed by atoms with Crippen molar-refractivity contribution in [2.24, 2.45) is 0 Å². The first-order chi connectivity index (χ1) is 11.1. The molecule has 0 fully saturated rings. The topological polar surface area (TPSA) is 59.8 Å². The van der Waals surface area contributed by atoms with Gasteiger partial charge in [0.2, 0.25) is 5.13 Å². The summed E-state index contributed by atoms with van der Waals surface area (Å²) in [5, 5.41) is 12.4. The molecule has 0 saturated carbocycles. The maximum absolute atomic E-state index is 12.5. The molecule has 0 aliphatic heterocycles. The molecule has 2 heterocycles. The van der Waals surface area contributed by atoms with Crippen molar-refractivity contribution in [3.8, 4) is 0 Å². The summed E-state index contributed by atoms with van der Waals surface area (Å²) in [4.78, 5) is 12.5. The molecule has 1 amide bonds. The normalized spacial score (nSPS) is 10.9. The lowest BCUT2D eigenvalue weighted by Crippen LogP contribution is -2.17. The monoisotopic (exact) mass is 326 g/mol. The van der Waals surface area contributed by atoms with Crippen molar-refractivity contribution in [1.82, 2.24) is 14.8 Å². The van der Waals surface area contributed by atoms with Gasteiger partial charge in [0.15, 0.2) is 0 Å². The molecule has 6 heteroatoms. The summed E-state index contributed by atoms with van der Waals surface area (Å²) in [6, 6.07) is 13.7. The van der Waals surface area contributed by atoms with E-state index in [1.807, 2.05) is 53.2 Å². The van der Waals surface area contributed by atoms with Gasteiger partial charge < -0.3 is 4.57 Å². The molecular weight excluding hydrogens is 308 g/mol. The van der Waals surface area contributed by atoms with Crippen LogP contribution >= 0.6 is 11.3 Å². The molecule has 0 radical (unpaired) electrons. The number of nitrogens with zero attached hydrogens (tertiary/aromatic N) is 3. The minimum atomic E-state index is -0.169. The van der Waals surface area contributed by atoms with Gasteiger partial charge in [-0.2, -0.15) is 0 Å². The number of carbonyl (C=O) groups excluding carboxylic acids is 1. The molecule has 23 heavy (non-hydrogen) atoms. The van der Waals surface area contributed by atoms with Crippen LogP contribution in [0.4, 0.5) is 5.13 Å². The zero-order chi connectivity index (χ0) is 16.2. The van der Waals surface area contributed by atoms with Crippen LogP contribution in [0.1, 0.15) is 40.8 Å². The molecule has 3 aromatic rings. The average Bonchev–Trinajstić information content (AvgIpc) is 3.17. The third-order valence-electron chi connectivity index (χ3n) is 3.41. The molecule has 0 atom stereocenters. The summed E-state index contributed by atoms with van der Waals surface area (Å²) in [6.45, 7) is 4.76. The van der Waals surface area contributed by atoms with Gasteiger partial charge in [0, 0.05) is 18.7 Å².